The fourth-order valence-electron chi connectivity index (χ4n) is 4.14. The lowest BCUT2D eigenvalue weighted by atomic mass is 9.83. The van der Waals surface area contributed by atoms with Crippen molar-refractivity contribution >= 4 is 11.0 Å². The van der Waals surface area contributed by atoms with Crippen molar-refractivity contribution in [2.24, 2.45) is 0 Å². The second-order valence-electron chi connectivity index (χ2n) is 7.88. The molecule has 4 aromatic heterocycles. The van der Waals surface area contributed by atoms with Gasteiger partial charge in [-0.2, -0.15) is 0 Å². The van der Waals surface area contributed by atoms with Crippen molar-refractivity contribution in [3.8, 4) is 11.1 Å². The Morgan fingerprint density at radius 2 is 1.58 bits per heavy atom. The van der Waals surface area contributed by atoms with Crippen LogP contribution in [0.4, 0.5) is 8.78 Å². The number of H-pyrrole nitrogens is 1. The van der Waals surface area contributed by atoms with E-state index in [1.165, 1.54) is 24.3 Å². The first-order chi connectivity index (χ1) is 15.8. The summed E-state index contributed by atoms with van der Waals surface area (Å²) in [4.78, 5) is 16.1. The van der Waals surface area contributed by atoms with Crippen molar-refractivity contribution in [3.63, 3.8) is 0 Å². The molecule has 0 bridgehead atoms. The Labute approximate surface area is 187 Å². The Balaban J connectivity index is 1.88. The van der Waals surface area contributed by atoms with Gasteiger partial charge in [0.25, 0.3) is 0 Å². The SMILES string of the molecule is Cc1nc2c(C(O)(c3ccc(F)cn3)c3ccc(F)cn3)cc(-c3c(C)noc3C)cc2[nH]1. The Morgan fingerprint density at radius 3 is 2.09 bits per heavy atom. The first-order valence-electron chi connectivity index (χ1n) is 10.2. The highest BCUT2D eigenvalue weighted by atomic mass is 19.1. The molecule has 0 saturated carbocycles. The number of rotatable bonds is 4. The van der Waals surface area contributed by atoms with Gasteiger partial charge in [0.15, 0.2) is 5.60 Å². The van der Waals surface area contributed by atoms with Crippen molar-refractivity contribution < 1.29 is 18.4 Å². The molecule has 7 nitrogen and oxygen atoms in total. The van der Waals surface area contributed by atoms with Gasteiger partial charge in [0.1, 0.15) is 23.2 Å². The van der Waals surface area contributed by atoms with E-state index in [0.29, 0.717) is 33.9 Å². The highest BCUT2D eigenvalue weighted by Crippen LogP contribution is 2.41. The van der Waals surface area contributed by atoms with Crippen LogP contribution >= 0.6 is 0 Å². The molecule has 0 atom stereocenters. The van der Waals surface area contributed by atoms with Gasteiger partial charge < -0.3 is 14.6 Å². The molecule has 2 N–H and O–H groups in total. The third-order valence-corrected chi connectivity index (χ3v) is 5.61. The van der Waals surface area contributed by atoms with E-state index in [1.54, 1.807) is 19.9 Å². The van der Waals surface area contributed by atoms with Gasteiger partial charge in [0, 0.05) is 11.1 Å². The van der Waals surface area contributed by atoms with Gasteiger partial charge >= 0.3 is 0 Å². The fourth-order valence-corrected chi connectivity index (χ4v) is 4.14. The molecule has 4 heterocycles. The number of hydrogen-bond donors (Lipinski definition) is 2. The lowest BCUT2D eigenvalue weighted by molar-refractivity contribution is 0.117. The van der Waals surface area contributed by atoms with Gasteiger partial charge in [-0.15, -0.1) is 0 Å². The van der Waals surface area contributed by atoms with Gasteiger partial charge in [-0.05, 0) is 62.7 Å². The molecule has 9 heteroatoms. The maximum atomic E-state index is 13.7. The van der Waals surface area contributed by atoms with Gasteiger partial charge in [-0.3, -0.25) is 9.97 Å². The molecule has 0 spiro atoms. The molecule has 166 valence electrons. The van der Waals surface area contributed by atoms with Crippen LogP contribution in [0.25, 0.3) is 22.2 Å². The molecule has 0 amide bonds. The molecule has 5 aromatic rings. The lowest BCUT2D eigenvalue weighted by Gasteiger charge is -2.28. The first kappa shape index (κ1) is 20.9. The molecular weight excluding hydrogens is 428 g/mol. The van der Waals surface area contributed by atoms with Crippen molar-refractivity contribution in [2.75, 3.05) is 0 Å². The van der Waals surface area contributed by atoms with Gasteiger partial charge in [-0.1, -0.05) is 5.16 Å². The number of aryl methyl sites for hydroxylation is 3. The maximum absolute atomic E-state index is 13.7. The number of nitrogens with one attached hydrogen (secondary N) is 1. The van der Waals surface area contributed by atoms with Gasteiger partial charge in [-0.25, -0.2) is 13.8 Å². The van der Waals surface area contributed by atoms with E-state index in [2.05, 4.69) is 25.1 Å². The largest absolute Gasteiger partial charge is 0.373 e. The van der Waals surface area contributed by atoms with Crippen LogP contribution in [0.2, 0.25) is 0 Å². The number of imidazole rings is 1. The summed E-state index contributed by atoms with van der Waals surface area (Å²) >= 11 is 0. The molecule has 33 heavy (non-hydrogen) atoms. The number of fused-ring (bicyclic) bond motifs is 1. The average molecular weight is 447 g/mol. The van der Waals surface area contributed by atoms with Gasteiger partial charge in [0.2, 0.25) is 0 Å². The minimum atomic E-state index is -1.96. The normalized spacial score (nSPS) is 11.9. The van der Waals surface area contributed by atoms with Crippen LogP contribution < -0.4 is 0 Å². The standard InChI is InChI=1S/C24H19F2N5O2/c1-12-22(13(2)33-31-12)15-8-18(23-19(9-15)29-14(3)30-23)24(32,20-6-4-16(25)10-27-20)21-7-5-17(26)11-28-21/h4-11,32H,1-3H3,(H,29,30). The Morgan fingerprint density at radius 1 is 0.939 bits per heavy atom. The molecule has 0 aliphatic heterocycles. The quantitative estimate of drug-likeness (QED) is 0.421. The summed E-state index contributed by atoms with van der Waals surface area (Å²) in [5, 5.41) is 16.2. The second-order valence-corrected chi connectivity index (χ2v) is 7.88. The summed E-state index contributed by atoms with van der Waals surface area (Å²) in [6.07, 6.45) is 2.02. The molecule has 0 unspecified atom stereocenters. The maximum Gasteiger partial charge on any atom is 0.176 e. The third kappa shape index (κ3) is 3.37. The summed E-state index contributed by atoms with van der Waals surface area (Å²) in [7, 11) is 0. The Kier molecular flexibility index (Phi) is 4.79. The van der Waals surface area contributed by atoms with Crippen LogP contribution in [0.5, 0.6) is 0 Å². The predicted molar refractivity (Wildman–Crippen MR) is 116 cm³/mol. The van der Waals surface area contributed by atoms with E-state index in [0.717, 1.165) is 23.5 Å². The zero-order valence-electron chi connectivity index (χ0n) is 18.0. The summed E-state index contributed by atoms with van der Waals surface area (Å²) in [6, 6.07) is 8.78. The van der Waals surface area contributed by atoms with Crippen molar-refractivity contribution in [1.82, 2.24) is 25.1 Å². The molecule has 0 aliphatic rings. The number of aromatic amines is 1. The topological polar surface area (TPSA) is 101 Å². The second kappa shape index (κ2) is 7.56. The molecular formula is C24H19F2N5O2. The summed E-state index contributed by atoms with van der Waals surface area (Å²) < 4.78 is 32.7. The van der Waals surface area contributed by atoms with Crippen LogP contribution in [0, 0.1) is 32.4 Å². The van der Waals surface area contributed by atoms with E-state index in [4.69, 9.17) is 4.52 Å². The Bertz CT molecular complexity index is 1410. The minimum Gasteiger partial charge on any atom is -0.373 e. The molecule has 0 fully saturated rings. The van der Waals surface area contributed by atoms with Crippen LogP contribution in [0.15, 0.2) is 53.3 Å². The zero-order valence-corrected chi connectivity index (χ0v) is 18.0. The first-order valence-corrected chi connectivity index (χ1v) is 10.2. The predicted octanol–water partition coefficient (Wildman–Crippen LogP) is 4.50. The van der Waals surface area contributed by atoms with E-state index < -0.39 is 17.2 Å². The molecule has 5 rings (SSSR count). The van der Waals surface area contributed by atoms with E-state index in [-0.39, 0.29) is 11.4 Å². The van der Waals surface area contributed by atoms with Crippen LogP contribution in [-0.4, -0.2) is 30.2 Å². The van der Waals surface area contributed by atoms with Crippen LogP contribution in [0.3, 0.4) is 0 Å². The molecule has 0 aliphatic carbocycles. The molecule has 1 aromatic carbocycles. The van der Waals surface area contributed by atoms with Crippen molar-refractivity contribution in [3.05, 3.63) is 94.7 Å². The van der Waals surface area contributed by atoms with E-state index >= 15 is 0 Å². The highest BCUT2D eigenvalue weighted by Gasteiger charge is 2.40. The molecule has 0 saturated heterocycles. The number of benzene rings is 1. The third-order valence-electron chi connectivity index (χ3n) is 5.61. The smallest absolute Gasteiger partial charge is 0.176 e. The van der Waals surface area contributed by atoms with E-state index in [1.807, 2.05) is 13.0 Å². The summed E-state index contributed by atoms with van der Waals surface area (Å²) in [6.45, 7) is 5.42. The van der Waals surface area contributed by atoms with Crippen molar-refractivity contribution in [1.29, 1.82) is 0 Å². The van der Waals surface area contributed by atoms with Crippen LogP contribution in [0.1, 0.15) is 34.2 Å². The summed E-state index contributed by atoms with van der Waals surface area (Å²) in [5.41, 5.74) is 1.91. The minimum absolute atomic E-state index is 0.112. The van der Waals surface area contributed by atoms with E-state index in [9.17, 15) is 13.9 Å². The van der Waals surface area contributed by atoms with Gasteiger partial charge in [0.05, 0.1) is 40.5 Å². The average Bonchev–Trinajstić information content (AvgIpc) is 3.33. The fraction of sp³-hybridized carbons (Fsp3) is 0.167. The monoisotopic (exact) mass is 447 g/mol. The lowest BCUT2D eigenvalue weighted by Crippen LogP contribution is -2.31. The Hall–Kier alpha value is -3.98. The van der Waals surface area contributed by atoms with Crippen molar-refractivity contribution in [2.45, 2.75) is 26.4 Å². The number of pyridine rings is 2. The number of aromatic nitrogens is 5. The summed E-state index contributed by atoms with van der Waals surface area (Å²) in [5.74, 6) is 0.123. The van der Waals surface area contributed by atoms with Crippen LogP contribution in [-0.2, 0) is 5.60 Å². The molecule has 0 radical (unpaired) electrons. The zero-order chi connectivity index (χ0) is 23.3. The number of hydrogen-bond acceptors (Lipinski definition) is 6. The highest BCUT2D eigenvalue weighted by molar-refractivity contribution is 5.87. The number of halogens is 2. The number of nitrogens with zero attached hydrogens (tertiary/aromatic N) is 4. The number of aliphatic hydroxyl groups is 1.